The zero-order chi connectivity index (χ0) is 13.7. The Morgan fingerprint density at radius 1 is 0.526 bits per heavy atom. The third kappa shape index (κ3) is 1.41. The minimum Gasteiger partial charge on any atom is -0.504 e. The van der Waals surface area contributed by atoms with Crippen LogP contribution in [0.25, 0.3) is 21.5 Å². The number of phenolic OH excluding ortho intramolecular Hbond substituents is 5. The first kappa shape index (κ1) is 11.3. The largest absolute Gasteiger partial charge is 0.504 e. The number of hydrogen-bond acceptors (Lipinski definition) is 5. The number of fused-ring (bicyclic) bond motifs is 3. The summed E-state index contributed by atoms with van der Waals surface area (Å²) in [6.45, 7) is 0. The van der Waals surface area contributed by atoms with Gasteiger partial charge in [0.1, 0.15) is 0 Å². The van der Waals surface area contributed by atoms with Crippen LogP contribution in [0, 0.1) is 0 Å². The van der Waals surface area contributed by atoms with E-state index in [1.807, 2.05) is 0 Å². The fourth-order valence-corrected chi connectivity index (χ4v) is 2.24. The lowest BCUT2D eigenvalue weighted by Crippen LogP contribution is -1.82. The predicted octanol–water partition coefficient (Wildman–Crippen LogP) is 2.52. The monoisotopic (exact) mass is 258 g/mol. The van der Waals surface area contributed by atoms with E-state index < -0.39 is 17.2 Å². The molecule has 0 fully saturated rings. The highest BCUT2D eigenvalue weighted by Gasteiger charge is 2.17. The summed E-state index contributed by atoms with van der Waals surface area (Å²) in [5, 5.41) is 49.9. The van der Waals surface area contributed by atoms with Crippen LogP contribution in [-0.4, -0.2) is 25.5 Å². The molecule has 0 aliphatic heterocycles. The van der Waals surface area contributed by atoms with Crippen LogP contribution >= 0.6 is 0 Å². The predicted molar refractivity (Wildman–Crippen MR) is 69.8 cm³/mol. The van der Waals surface area contributed by atoms with E-state index in [0.717, 1.165) is 0 Å². The molecule has 0 aromatic heterocycles. The van der Waals surface area contributed by atoms with Gasteiger partial charge in [-0.05, 0) is 22.9 Å². The van der Waals surface area contributed by atoms with Crippen LogP contribution < -0.4 is 0 Å². The molecule has 0 heterocycles. The highest BCUT2D eigenvalue weighted by Crippen LogP contribution is 2.47. The summed E-state index contributed by atoms with van der Waals surface area (Å²) in [7, 11) is 0. The van der Waals surface area contributed by atoms with Crippen LogP contribution in [0.3, 0.4) is 0 Å². The van der Waals surface area contributed by atoms with E-state index in [1.165, 1.54) is 12.1 Å². The molecule has 0 radical (unpaired) electrons. The first-order valence-electron chi connectivity index (χ1n) is 5.52. The van der Waals surface area contributed by atoms with Gasteiger partial charge in [-0.3, -0.25) is 0 Å². The Labute approximate surface area is 107 Å². The Kier molecular flexibility index (Phi) is 2.13. The van der Waals surface area contributed by atoms with Gasteiger partial charge in [0.05, 0.1) is 0 Å². The molecule has 3 aromatic rings. The van der Waals surface area contributed by atoms with E-state index in [1.54, 1.807) is 18.2 Å². The summed E-state index contributed by atoms with van der Waals surface area (Å²) in [4.78, 5) is 0. The van der Waals surface area contributed by atoms with Crippen LogP contribution in [0.15, 0.2) is 30.3 Å². The Hall–Kier alpha value is -2.82. The van der Waals surface area contributed by atoms with Crippen LogP contribution in [0.4, 0.5) is 0 Å². The molecule has 5 nitrogen and oxygen atoms in total. The van der Waals surface area contributed by atoms with E-state index in [0.29, 0.717) is 10.8 Å². The smallest absolute Gasteiger partial charge is 0.200 e. The van der Waals surface area contributed by atoms with E-state index in [2.05, 4.69) is 0 Å². The summed E-state index contributed by atoms with van der Waals surface area (Å²) < 4.78 is 0. The maximum atomic E-state index is 9.95. The molecule has 0 saturated carbocycles. The summed E-state index contributed by atoms with van der Waals surface area (Å²) >= 11 is 0. The van der Waals surface area contributed by atoms with Crippen molar-refractivity contribution in [2.45, 2.75) is 0 Å². The minimum atomic E-state index is -0.664. The number of aromatic hydroxyl groups is 5. The van der Waals surface area contributed by atoms with Gasteiger partial charge < -0.3 is 25.5 Å². The van der Waals surface area contributed by atoms with Crippen LogP contribution in [-0.2, 0) is 0 Å². The third-order valence-corrected chi connectivity index (χ3v) is 3.17. The van der Waals surface area contributed by atoms with Gasteiger partial charge in [0.15, 0.2) is 23.0 Å². The molecule has 0 amide bonds. The lowest BCUT2D eigenvalue weighted by molar-refractivity contribution is 0.371. The van der Waals surface area contributed by atoms with Crippen molar-refractivity contribution >= 4 is 21.5 Å². The normalized spacial score (nSPS) is 11.2. The molecule has 5 N–H and O–H groups in total. The Bertz CT molecular complexity index is 823. The fourth-order valence-electron chi connectivity index (χ4n) is 2.24. The summed E-state index contributed by atoms with van der Waals surface area (Å²) in [6.07, 6.45) is 0. The molecular weight excluding hydrogens is 248 g/mol. The molecule has 0 unspecified atom stereocenters. The SMILES string of the molecule is Oc1cc2ccc3ccc(O)c(O)c3c2c(O)c1O. The lowest BCUT2D eigenvalue weighted by atomic mass is 9.99. The molecule has 0 atom stereocenters. The molecule has 3 aromatic carbocycles. The van der Waals surface area contributed by atoms with Crippen molar-refractivity contribution in [3.8, 4) is 28.7 Å². The van der Waals surface area contributed by atoms with Crippen LogP contribution in [0.1, 0.15) is 0 Å². The van der Waals surface area contributed by atoms with Crippen molar-refractivity contribution in [2.24, 2.45) is 0 Å². The third-order valence-electron chi connectivity index (χ3n) is 3.17. The first-order chi connectivity index (χ1) is 9.00. The van der Waals surface area contributed by atoms with E-state index >= 15 is 0 Å². The van der Waals surface area contributed by atoms with E-state index in [9.17, 15) is 25.5 Å². The number of hydrogen-bond donors (Lipinski definition) is 5. The van der Waals surface area contributed by atoms with Gasteiger partial charge >= 0.3 is 0 Å². The highest BCUT2D eigenvalue weighted by atomic mass is 16.3. The molecule has 96 valence electrons. The molecule has 0 aliphatic rings. The standard InChI is InChI=1S/C14H10O5/c15-8-4-3-6-1-2-7-5-9(16)13(18)14(19)11(7)10(6)12(8)17/h1-5,15-19H. The molecule has 3 rings (SSSR count). The van der Waals surface area contributed by atoms with Crippen molar-refractivity contribution in [2.75, 3.05) is 0 Å². The maximum Gasteiger partial charge on any atom is 0.200 e. The van der Waals surface area contributed by atoms with Crippen molar-refractivity contribution in [3.05, 3.63) is 30.3 Å². The Morgan fingerprint density at radius 3 is 1.84 bits per heavy atom. The van der Waals surface area contributed by atoms with Gasteiger partial charge in [0.25, 0.3) is 0 Å². The fraction of sp³-hybridized carbons (Fsp3) is 0. The average molecular weight is 258 g/mol. The Morgan fingerprint density at radius 2 is 1.11 bits per heavy atom. The van der Waals surface area contributed by atoms with Crippen molar-refractivity contribution < 1.29 is 25.5 Å². The number of benzene rings is 3. The second-order valence-electron chi connectivity index (χ2n) is 4.29. The highest BCUT2D eigenvalue weighted by molar-refractivity contribution is 6.15. The second kappa shape index (κ2) is 3.58. The van der Waals surface area contributed by atoms with Gasteiger partial charge in [0, 0.05) is 10.8 Å². The molecule has 0 spiro atoms. The zero-order valence-electron chi connectivity index (χ0n) is 9.62. The van der Waals surface area contributed by atoms with Gasteiger partial charge in [0.2, 0.25) is 5.75 Å². The van der Waals surface area contributed by atoms with Gasteiger partial charge in [-0.15, -0.1) is 0 Å². The molecule has 5 heteroatoms. The topological polar surface area (TPSA) is 101 Å². The summed E-state index contributed by atoms with van der Waals surface area (Å²) in [5.41, 5.74) is 0. The second-order valence-corrected chi connectivity index (χ2v) is 4.29. The van der Waals surface area contributed by atoms with E-state index in [-0.39, 0.29) is 22.3 Å². The summed E-state index contributed by atoms with van der Waals surface area (Å²) in [6, 6.07) is 7.49. The molecule has 0 bridgehead atoms. The van der Waals surface area contributed by atoms with Gasteiger partial charge in [-0.25, -0.2) is 0 Å². The van der Waals surface area contributed by atoms with Crippen molar-refractivity contribution in [1.82, 2.24) is 0 Å². The summed E-state index contributed by atoms with van der Waals surface area (Å²) in [5.74, 6) is -2.37. The Balaban J connectivity index is 2.66. The molecule has 0 aliphatic carbocycles. The maximum absolute atomic E-state index is 9.95. The first-order valence-corrected chi connectivity index (χ1v) is 5.52. The number of rotatable bonds is 0. The van der Waals surface area contributed by atoms with E-state index in [4.69, 9.17) is 0 Å². The average Bonchev–Trinajstić information content (AvgIpc) is 2.40. The van der Waals surface area contributed by atoms with Crippen LogP contribution in [0.5, 0.6) is 28.7 Å². The molecular formula is C14H10O5. The minimum absolute atomic E-state index is 0.168. The molecule has 0 saturated heterocycles. The quantitative estimate of drug-likeness (QED) is 0.315. The lowest BCUT2D eigenvalue weighted by Gasteiger charge is -2.10. The van der Waals surface area contributed by atoms with Gasteiger partial charge in [-0.1, -0.05) is 18.2 Å². The van der Waals surface area contributed by atoms with Crippen molar-refractivity contribution in [1.29, 1.82) is 0 Å². The number of phenols is 5. The van der Waals surface area contributed by atoms with Crippen LogP contribution in [0.2, 0.25) is 0 Å². The van der Waals surface area contributed by atoms with Crippen molar-refractivity contribution in [3.63, 3.8) is 0 Å². The molecule has 19 heavy (non-hydrogen) atoms. The zero-order valence-corrected chi connectivity index (χ0v) is 9.62. The van der Waals surface area contributed by atoms with Gasteiger partial charge in [-0.2, -0.15) is 0 Å².